The normalized spacial score (nSPS) is 18.8. The highest BCUT2D eigenvalue weighted by Crippen LogP contribution is 2.23. The lowest BCUT2D eigenvalue weighted by atomic mass is 10.2. The van der Waals surface area contributed by atoms with Crippen molar-refractivity contribution in [1.82, 2.24) is 4.90 Å². The highest BCUT2D eigenvalue weighted by Gasteiger charge is 2.36. The van der Waals surface area contributed by atoms with Gasteiger partial charge in [0.15, 0.2) is 9.84 Å². The van der Waals surface area contributed by atoms with Crippen molar-refractivity contribution in [3.8, 4) is 0 Å². The highest BCUT2D eigenvalue weighted by atomic mass is 35.5. The van der Waals surface area contributed by atoms with Crippen LogP contribution in [0.5, 0.6) is 0 Å². The summed E-state index contributed by atoms with van der Waals surface area (Å²) in [5, 5.41) is 3.06. The second-order valence-electron chi connectivity index (χ2n) is 5.66. The van der Waals surface area contributed by atoms with Gasteiger partial charge in [0, 0.05) is 35.4 Å². The van der Waals surface area contributed by atoms with Crippen LogP contribution in [0.15, 0.2) is 18.2 Å². The van der Waals surface area contributed by atoms with Crippen molar-refractivity contribution in [3.63, 3.8) is 0 Å². The van der Waals surface area contributed by atoms with E-state index >= 15 is 0 Å². The molecule has 138 valence electrons. The number of methoxy groups -OCH3 is 1. The molecule has 1 aromatic carbocycles. The molecule has 1 aromatic rings. The first-order valence-electron chi connectivity index (χ1n) is 7.49. The molecular weight excluding hydrogens is 391 g/mol. The number of benzene rings is 1. The van der Waals surface area contributed by atoms with E-state index in [1.807, 2.05) is 0 Å². The Hall–Kier alpha value is -1.35. The molecule has 1 saturated heterocycles. The first-order chi connectivity index (χ1) is 11.7. The van der Waals surface area contributed by atoms with E-state index in [1.165, 1.54) is 30.2 Å². The minimum absolute atomic E-state index is 0.0000506. The number of hydrogen-bond donors (Lipinski definition) is 1. The molecule has 7 nitrogen and oxygen atoms in total. The molecule has 1 heterocycles. The number of ether oxygens (including phenoxy) is 1. The first-order valence-corrected chi connectivity index (χ1v) is 10.1. The van der Waals surface area contributed by atoms with Gasteiger partial charge in [0.1, 0.15) is 0 Å². The predicted octanol–water partition coefficient (Wildman–Crippen LogP) is 1.59. The average Bonchev–Trinajstić information content (AvgIpc) is 2.86. The minimum atomic E-state index is -3.20. The molecule has 10 heteroatoms. The SMILES string of the molecule is COCCN(C(=O)C(=O)Nc1cc(Cl)cc(Cl)c1)C1CCS(=O)(=O)C1. The topological polar surface area (TPSA) is 92.8 Å². The number of carbonyl (C=O) groups excluding carboxylic acids is 2. The molecule has 0 aromatic heterocycles. The molecule has 1 aliphatic rings. The molecule has 0 saturated carbocycles. The number of halogens is 2. The van der Waals surface area contributed by atoms with Gasteiger partial charge in [-0.25, -0.2) is 8.42 Å². The van der Waals surface area contributed by atoms with Gasteiger partial charge in [-0.05, 0) is 24.6 Å². The summed E-state index contributed by atoms with van der Waals surface area (Å²) >= 11 is 11.7. The lowest BCUT2D eigenvalue weighted by Crippen LogP contribution is -2.47. The van der Waals surface area contributed by atoms with Crippen LogP contribution in [-0.2, 0) is 24.2 Å². The number of nitrogens with zero attached hydrogens (tertiary/aromatic N) is 1. The smallest absolute Gasteiger partial charge is 0.313 e. The third-order valence-electron chi connectivity index (χ3n) is 3.76. The maximum absolute atomic E-state index is 12.5. The van der Waals surface area contributed by atoms with E-state index in [4.69, 9.17) is 27.9 Å². The van der Waals surface area contributed by atoms with Crippen LogP contribution in [0.4, 0.5) is 5.69 Å². The number of nitrogens with one attached hydrogen (secondary N) is 1. The van der Waals surface area contributed by atoms with Crippen LogP contribution in [0.3, 0.4) is 0 Å². The maximum atomic E-state index is 12.5. The summed E-state index contributed by atoms with van der Waals surface area (Å²) in [4.78, 5) is 26.0. The van der Waals surface area contributed by atoms with E-state index in [9.17, 15) is 18.0 Å². The lowest BCUT2D eigenvalue weighted by Gasteiger charge is -2.27. The Bertz CT molecular complexity index is 749. The summed E-state index contributed by atoms with van der Waals surface area (Å²) in [5.41, 5.74) is 0.279. The summed E-state index contributed by atoms with van der Waals surface area (Å²) in [6.45, 7) is 0.317. The molecule has 1 fully saturated rings. The van der Waals surface area contributed by atoms with Crippen LogP contribution in [-0.4, -0.2) is 62.9 Å². The van der Waals surface area contributed by atoms with Gasteiger partial charge in [-0.15, -0.1) is 0 Å². The standard InChI is InChI=1S/C15H18Cl2N2O5S/c1-24-4-3-19(13-2-5-25(22,23)9-13)15(21)14(20)18-12-7-10(16)6-11(17)8-12/h6-8,13H,2-5,9H2,1H3,(H,18,20). The predicted molar refractivity (Wildman–Crippen MR) is 95.7 cm³/mol. The highest BCUT2D eigenvalue weighted by molar-refractivity contribution is 7.91. The monoisotopic (exact) mass is 408 g/mol. The van der Waals surface area contributed by atoms with Gasteiger partial charge < -0.3 is 15.0 Å². The van der Waals surface area contributed by atoms with Crippen LogP contribution in [0.2, 0.25) is 10.0 Å². The van der Waals surface area contributed by atoms with Crippen molar-refractivity contribution in [2.75, 3.05) is 37.1 Å². The number of hydrogen-bond acceptors (Lipinski definition) is 5. The third kappa shape index (κ3) is 5.57. The van der Waals surface area contributed by atoms with Crippen molar-refractivity contribution in [2.45, 2.75) is 12.5 Å². The molecule has 1 atom stereocenters. The summed E-state index contributed by atoms with van der Waals surface area (Å²) < 4.78 is 28.3. The third-order valence-corrected chi connectivity index (χ3v) is 5.95. The molecule has 25 heavy (non-hydrogen) atoms. The van der Waals surface area contributed by atoms with Crippen LogP contribution >= 0.6 is 23.2 Å². The van der Waals surface area contributed by atoms with E-state index in [2.05, 4.69) is 5.32 Å². The zero-order valence-electron chi connectivity index (χ0n) is 13.5. The number of carbonyl (C=O) groups is 2. The summed E-state index contributed by atoms with van der Waals surface area (Å²) in [6.07, 6.45) is 0.300. The largest absolute Gasteiger partial charge is 0.383 e. The summed E-state index contributed by atoms with van der Waals surface area (Å²) in [5.74, 6) is -1.87. The van der Waals surface area contributed by atoms with Crippen molar-refractivity contribution < 1.29 is 22.7 Å². The summed E-state index contributed by atoms with van der Waals surface area (Å²) in [7, 11) is -1.74. The van der Waals surface area contributed by atoms with E-state index in [0.717, 1.165) is 0 Å². The molecule has 0 bridgehead atoms. The molecule has 2 amide bonds. The quantitative estimate of drug-likeness (QED) is 0.746. The van der Waals surface area contributed by atoms with Gasteiger partial charge in [0.25, 0.3) is 0 Å². The Kier molecular flexibility index (Phi) is 6.67. The number of amides is 2. The Labute approximate surface area is 156 Å². The minimum Gasteiger partial charge on any atom is -0.383 e. The second-order valence-corrected chi connectivity index (χ2v) is 8.76. The Morgan fingerprint density at radius 2 is 1.92 bits per heavy atom. The van der Waals surface area contributed by atoms with Gasteiger partial charge in [0.05, 0.1) is 18.1 Å². The van der Waals surface area contributed by atoms with E-state index in [1.54, 1.807) is 0 Å². The van der Waals surface area contributed by atoms with Gasteiger partial charge in [0.2, 0.25) is 0 Å². The molecule has 0 radical (unpaired) electrons. The average molecular weight is 409 g/mol. The maximum Gasteiger partial charge on any atom is 0.313 e. The van der Waals surface area contributed by atoms with Crippen molar-refractivity contribution in [2.24, 2.45) is 0 Å². The fraction of sp³-hybridized carbons (Fsp3) is 0.467. The lowest BCUT2D eigenvalue weighted by molar-refractivity contribution is -0.144. The zero-order chi connectivity index (χ0) is 18.6. The van der Waals surface area contributed by atoms with Crippen molar-refractivity contribution >= 4 is 50.5 Å². The van der Waals surface area contributed by atoms with E-state index in [-0.39, 0.29) is 30.3 Å². The molecule has 1 N–H and O–H groups in total. The van der Waals surface area contributed by atoms with Crippen molar-refractivity contribution in [1.29, 1.82) is 0 Å². The van der Waals surface area contributed by atoms with E-state index < -0.39 is 27.7 Å². The number of sulfone groups is 1. The molecular formula is C15H18Cl2N2O5S. The van der Waals surface area contributed by atoms with Gasteiger partial charge in [-0.3, -0.25) is 9.59 Å². The molecule has 1 aliphatic heterocycles. The molecule has 1 unspecified atom stereocenters. The Balaban J connectivity index is 2.13. The van der Waals surface area contributed by atoms with Crippen LogP contribution < -0.4 is 5.32 Å². The van der Waals surface area contributed by atoms with Gasteiger partial charge in [-0.1, -0.05) is 23.2 Å². The fourth-order valence-electron chi connectivity index (χ4n) is 2.60. The van der Waals surface area contributed by atoms with Crippen LogP contribution in [0.1, 0.15) is 6.42 Å². The van der Waals surface area contributed by atoms with E-state index in [0.29, 0.717) is 16.5 Å². The Morgan fingerprint density at radius 3 is 2.44 bits per heavy atom. The molecule has 0 aliphatic carbocycles. The Morgan fingerprint density at radius 1 is 1.28 bits per heavy atom. The molecule has 0 spiro atoms. The number of rotatable bonds is 5. The molecule has 2 rings (SSSR count). The van der Waals surface area contributed by atoms with Gasteiger partial charge in [-0.2, -0.15) is 0 Å². The second kappa shape index (κ2) is 8.35. The number of anilines is 1. The zero-order valence-corrected chi connectivity index (χ0v) is 15.8. The first kappa shape index (κ1) is 20.0. The van der Waals surface area contributed by atoms with Crippen LogP contribution in [0.25, 0.3) is 0 Å². The van der Waals surface area contributed by atoms with Gasteiger partial charge >= 0.3 is 11.8 Å². The van der Waals surface area contributed by atoms with Crippen molar-refractivity contribution in [3.05, 3.63) is 28.2 Å². The summed E-state index contributed by atoms with van der Waals surface area (Å²) in [6, 6.07) is 3.87. The fourth-order valence-corrected chi connectivity index (χ4v) is 4.86. The van der Waals surface area contributed by atoms with Crippen LogP contribution in [0, 0.1) is 0 Å².